The van der Waals surface area contributed by atoms with Crippen LogP contribution in [0.5, 0.6) is 5.88 Å². The van der Waals surface area contributed by atoms with Gasteiger partial charge in [0.05, 0.1) is 31.6 Å². The molecule has 1 saturated heterocycles. The first-order valence-corrected chi connectivity index (χ1v) is 9.01. The van der Waals surface area contributed by atoms with Gasteiger partial charge >= 0.3 is 0 Å². The molecule has 1 aromatic heterocycles. The van der Waals surface area contributed by atoms with Crippen LogP contribution in [0.25, 0.3) is 0 Å². The fourth-order valence-corrected chi connectivity index (χ4v) is 4.32. The van der Waals surface area contributed by atoms with E-state index in [4.69, 9.17) is 9.47 Å². The summed E-state index contributed by atoms with van der Waals surface area (Å²) in [6.07, 6.45) is 4.57. The second-order valence-corrected chi connectivity index (χ2v) is 7.60. The van der Waals surface area contributed by atoms with E-state index in [0.717, 1.165) is 12.8 Å². The zero-order valence-electron chi connectivity index (χ0n) is 12.0. The van der Waals surface area contributed by atoms with Crippen molar-refractivity contribution in [1.82, 2.24) is 9.29 Å². The lowest BCUT2D eigenvalue weighted by Crippen LogP contribution is -2.50. The monoisotopic (exact) mass is 312 g/mol. The van der Waals surface area contributed by atoms with E-state index in [1.165, 1.54) is 6.26 Å². The van der Waals surface area contributed by atoms with E-state index in [-0.39, 0.29) is 12.1 Å². The molecule has 1 saturated carbocycles. The van der Waals surface area contributed by atoms with Gasteiger partial charge in [0.2, 0.25) is 15.9 Å². The summed E-state index contributed by atoms with van der Waals surface area (Å²) in [4.78, 5) is 4.12. The van der Waals surface area contributed by atoms with Crippen molar-refractivity contribution in [3.63, 3.8) is 0 Å². The topological polar surface area (TPSA) is 68.7 Å². The predicted molar refractivity (Wildman–Crippen MR) is 77.5 cm³/mol. The molecule has 0 spiro atoms. The number of ether oxygens (including phenoxy) is 2. The minimum atomic E-state index is -3.17. The standard InChI is InChI=1S/C14H20N2O4S/c1-21(17,18)16-6-7-19-13-9-11(8-12(13)16)10-20-14-4-2-3-5-15-14/h2-5,11-13H,6-10H2,1H3/t11-,12-,13+/m0/s1. The van der Waals surface area contributed by atoms with Crippen LogP contribution in [0.2, 0.25) is 0 Å². The van der Waals surface area contributed by atoms with E-state index < -0.39 is 10.0 Å². The minimum absolute atomic E-state index is 0.00851. The van der Waals surface area contributed by atoms with Crippen molar-refractivity contribution in [3.05, 3.63) is 24.4 Å². The summed E-state index contributed by atoms with van der Waals surface area (Å²) in [5.74, 6) is 0.901. The van der Waals surface area contributed by atoms with Gasteiger partial charge in [-0.2, -0.15) is 4.31 Å². The van der Waals surface area contributed by atoms with Crippen LogP contribution in [0, 0.1) is 5.92 Å². The van der Waals surface area contributed by atoms with E-state index in [2.05, 4.69) is 4.98 Å². The lowest BCUT2D eigenvalue weighted by Gasteiger charge is -2.35. The quantitative estimate of drug-likeness (QED) is 0.826. The highest BCUT2D eigenvalue weighted by atomic mass is 32.2. The number of hydrogen-bond donors (Lipinski definition) is 0. The molecule has 0 aromatic carbocycles. The third-order valence-electron chi connectivity index (χ3n) is 4.11. The van der Waals surface area contributed by atoms with Crippen molar-refractivity contribution < 1.29 is 17.9 Å². The van der Waals surface area contributed by atoms with Crippen LogP contribution in [0.1, 0.15) is 12.8 Å². The van der Waals surface area contributed by atoms with Crippen molar-refractivity contribution in [1.29, 1.82) is 0 Å². The number of hydrogen-bond acceptors (Lipinski definition) is 5. The van der Waals surface area contributed by atoms with E-state index in [0.29, 0.717) is 31.6 Å². The highest BCUT2D eigenvalue weighted by Gasteiger charge is 2.44. The molecule has 116 valence electrons. The molecule has 7 heteroatoms. The maximum absolute atomic E-state index is 11.8. The normalized spacial score (nSPS) is 30.0. The fourth-order valence-electron chi connectivity index (χ4n) is 3.20. The molecule has 1 aliphatic heterocycles. The maximum atomic E-state index is 11.8. The first kappa shape index (κ1) is 14.7. The van der Waals surface area contributed by atoms with Crippen molar-refractivity contribution in [3.8, 4) is 5.88 Å². The molecule has 1 aromatic rings. The molecule has 0 radical (unpaired) electrons. The molecule has 2 fully saturated rings. The lowest BCUT2D eigenvalue weighted by molar-refractivity contribution is -0.0246. The first-order chi connectivity index (χ1) is 10.0. The largest absolute Gasteiger partial charge is 0.477 e. The SMILES string of the molecule is CS(=O)(=O)N1CCO[C@@H]2C[C@@H](COc3ccccn3)C[C@@H]21. The van der Waals surface area contributed by atoms with Crippen LogP contribution in [0.3, 0.4) is 0 Å². The van der Waals surface area contributed by atoms with Crippen LogP contribution in [0.4, 0.5) is 0 Å². The van der Waals surface area contributed by atoms with Crippen LogP contribution in [-0.4, -0.2) is 55.9 Å². The lowest BCUT2D eigenvalue weighted by atomic mass is 10.1. The second-order valence-electron chi connectivity index (χ2n) is 5.67. The van der Waals surface area contributed by atoms with E-state index in [1.807, 2.05) is 18.2 Å². The van der Waals surface area contributed by atoms with Gasteiger partial charge in [0, 0.05) is 18.8 Å². The van der Waals surface area contributed by atoms with Crippen LogP contribution < -0.4 is 4.74 Å². The van der Waals surface area contributed by atoms with Gasteiger partial charge in [0.25, 0.3) is 0 Å². The Bertz CT molecular complexity index is 578. The molecular weight excluding hydrogens is 292 g/mol. The second kappa shape index (κ2) is 5.90. The van der Waals surface area contributed by atoms with Gasteiger partial charge in [-0.1, -0.05) is 6.07 Å². The molecule has 0 bridgehead atoms. The summed E-state index contributed by atoms with van der Waals surface area (Å²) < 4.78 is 36.7. The molecule has 2 heterocycles. The Morgan fingerprint density at radius 2 is 2.29 bits per heavy atom. The number of sulfonamides is 1. The van der Waals surface area contributed by atoms with Gasteiger partial charge in [-0.3, -0.25) is 0 Å². The number of morpholine rings is 1. The van der Waals surface area contributed by atoms with Crippen molar-refractivity contribution in [2.45, 2.75) is 25.0 Å². The summed E-state index contributed by atoms with van der Waals surface area (Å²) in [7, 11) is -3.17. The first-order valence-electron chi connectivity index (χ1n) is 7.16. The molecule has 0 amide bonds. The van der Waals surface area contributed by atoms with Gasteiger partial charge in [-0.25, -0.2) is 13.4 Å². The number of nitrogens with zero attached hydrogens (tertiary/aromatic N) is 2. The number of fused-ring (bicyclic) bond motifs is 1. The summed E-state index contributed by atoms with van der Waals surface area (Å²) in [5.41, 5.74) is 0. The molecule has 2 aliphatic rings. The molecule has 0 unspecified atom stereocenters. The highest BCUT2D eigenvalue weighted by Crippen LogP contribution is 2.35. The summed E-state index contributed by atoms with van der Waals surface area (Å²) in [5, 5.41) is 0. The Labute approximate surface area is 125 Å². The Morgan fingerprint density at radius 1 is 1.43 bits per heavy atom. The Hall–Kier alpha value is -1.18. The summed E-state index contributed by atoms with van der Waals surface area (Å²) in [6, 6.07) is 5.49. The van der Waals surface area contributed by atoms with Gasteiger partial charge in [-0.05, 0) is 24.8 Å². The number of rotatable bonds is 4. The number of pyridine rings is 1. The molecular formula is C14H20N2O4S. The Balaban J connectivity index is 1.61. The van der Waals surface area contributed by atoms with E-state index in [1.54, 1.807) is 10.5 Å². The minimum Gasteiger partial charge on any atom is -0.477 e. The molecule has 1 aliphatic carbocycles. The van der Waals surface area contributed by atoms with E-state index in [9.17, 15) is 8.42 Å². The summed E-state index contributed by atoms with van der Waals surface area (Å²) >= 11 is 0. The third-order valence-corrected chi connectivity index (χ3v) is 5.42. The van der Waals surface area contributed by atoms with Crippen molar-refractivity contribution >= 4 is 10.0 Å². The zero-order valence-corrected chi connectivity index (χ0v) is 12.8. The maximum Gasteiger partial charge on any atom is 0.213 e. The fraction of sp³-hybridized carbons (Fsp3) is 0.643. The average molecular weight is 312 g/mol. The molecule has 3 atom stereocenters. The van der Waals surface area contributed by atoms with Gasteiger partial charge in [0.15, 0.2) is 0 Å². The number of aromatic nitrogens is 1. The average Bonchev–Trinajstić information content (AvgIpc) is 2.87. The van der Waals surface area contributed by atoms with Crippen molar-refractivity contribution in [2.24, 2.45) is 5.92 Å². The zero-order chi connectivity index (χ0) is 14.9. The Kier molecular flexibility index (Phi) is 4.14. The van der Waals surface area contributed by atoms with Crippen LogP contribution in [0.15, 0.2) is 24.4 Å². The molecule has 0 N–H and O–H groups in total. The molecule has 6 nitrogen and oxygen atoms in total. The summed E-state index contributed by atoms with van der Waals surface area (Å²) in [6.45, 7) is 1.47. The molecule has 21 heavy (non-hydrogen) atoms. The van der Waals surface area contributed by atoms with Gasteiger partial charge < -0.3 is 9.47 Å². The Morgan fingerprint density at radius 3 is 3.00 bits per heavy atom. The van der Waals surface area contributed by atoms with E-state index >= 15 is 0 Å². The smallest absolute Gasteiger partial charge is 0.213 e. The van der Waals surface area contributed by atoms with Gasteiger partial charge in [-0.15, -0.1) is 0 Å². The molecule has 3 rings (SSSR count). The highest BCUT2D eigenvalue weighted by molar-refractivity contribution is 7.88. The van der Waals surface area contributed by atoms with Crippen LogP contribution in [-0.2, 0) is 14.8 Å². The third kappa shape index (κ3) is 3.36. The predicted octanol–water partition coefficient (Wildman–Crippen LogP) is 0.899. The van der Waals surface area contributed by atoms with Crippen molar-refractivity contribution in [2.75, 3.05) is 26.0 Å². The van der Waals surface area contributed by atoms with Gasteiger partial charge in [0.1, 0.15) is 0 Å². The van der Waals surface area contributed by atoms with Crippen LogP contribution >= 0.6 is 0 Å².